The van der Waals surface area contributed by atoms with Gasteiger partial charge in [-0.1, -0.05) is 6.07 Å². The highest BCUT2D eigenvalue weighted by molar-refractivity contribution is 7.12. The lowest BCUT2D eigenvalue weighted by atomic mass is 10.1. The maximum Gasteiger partial charge on any atom is 0.271 e. The molecule has 1 aliphatic rings. The van der Waals surface area contributed by atoms with Crippen LogP contribution in [0.25, 0.3) is 0 Å². The van der Waals surface area contributed by atoms with E-state index in [1.165, 1.54) is 11.3 Å². The zero-order chi connectivity index (χ0) is 16.8. The lowest BCUT2D eigenvalue weighted by Gasteiger charge is -2.22. The Hall–Kier alpha value is -1.90. The number of nitrogens with zero attached hydrogens (tertiary/aromatic N) is 2. The summed E-state index contributed by atoms with van der Waals surface area (Å²) in [6.45, 7) is 2.68. The van der Waals surface area contributed by atoms with Gasteiger partial charge in [0.2, 0.25) is 0 Å². The van der Waals surface area contributed by atoms with Crippen LogP contribution in [0, 0.1) is 0 Å². The van der Waals surface area contributed by atoms with Crippen molar-refractivity contribution in [2.45, 2.75) is 18.9 Å². The van der Waals surface area contributed by atoms with Gasteiger partial charge in [0, 0.05) is 25.8 Å². The highest BCUT2D eigenvalue weighted by Crippen LogP contribution is 2.15. The first-order chi connectivity index (χ1) is 11.7. The summed E-state index contributed by atoms with van der Waals surface area (Å²) >= 11 is 1.39. The number of aromatic nitrogens is 2. The predicted molar refractivity (Wildman–Crippen MR) is 99.6 cm³/mol. The Kier molecular flexibility index (Phi) is 7.42. The number of carbonyl (C=O) groups excluding carboxylic acids is 2. The summed E-state index contributed by atoms with van der Waals surface area (Å²) in [5, 5.41) is 15.1. The largest absolute Gasteiger partial charge is 0.350 e. The van der Waals surface area contributed by atoms with Crippen molar-refractivity contribution in [1.29, 1.82) is 0 Å². The lowest BCUT2D eigenvalue weighted by molar-refractivity contribution is 0.0926. The summed E-state index contributed by atoms with van der Waals surface area (Å²) in [6, 6.07) is 5.64. The van der Waals surface area contributed by atoms with Crippen LogP contribution in [0.5, 0.6) is 0 Å². The second kappa shape index (κ2) is 9.55. The molecule has 9 heteroatoms. The first-order valence-corrected chi connectivity index (χ1v) is 8.98. The van der Waals surface area contributed by atoms with E-state index in [1.807, 2.05) is 22.3 Å². The lowest BCUT2D eigenvalue weighted by Crippen LogP contribution is -2.35. The number of halogens is 1. The molecule has 0 bridgehead atoms. The van der Waals surface area contributed by atoms with Gasteiger partial charge >= 0.3 is 0 Å². The van der Waals surface area contributed by atoms with Gasteiger partial charge in [0.25, 0.3) is 11.8 Å². The molecule has 1 fully saturated rings. The van der Waals surface area contributed by atoms with Crippen LogP contribution in [0.4, 0.5) is 0 Å². The molecule has 1 saturated heterocycles. The number of rotatable bonds is 6. The zero-order valence-electron chi connectivity index (χ0n) is 13.7. The molecule has 25 heavy (non-hydrogen) atoms. The molecule has 3 heterocycles. The Morgan fingerprint density at radius 2 is 2.08 bits per heavy atom. The van der Waals surface area contributed by atoms with Crippen LogP contribution in [-0.4, -0.2) is 47.8 Å². The summed E-state index contributed by atoms with van der Waals surface area (Å²) in [7, 11) is 0. The number of amides is 2. The number of hydrogen-bond acceptors (Lipinski definition) is 5. The van der Waals surface area contributed by atoms with Crippen LogP contribution in [0.3, 0.4) is 0 Å². The molecule has 2 aromatic heterocycles. The van der Waals surface area contributed by atoms with Gasteiger partial charge < -0.3 is 16.0 Å². The van der Waals surface area contributed by atoms with Crippen LogP contribution >= 0.6 is 23.7 Å². The molecule has 2 aromatic rings. The van der Waals surface area contributed by atoms with Crippen molar-refractivity contribution in [3.63, 3.8) is 0 Å². The predicted octanol–water partition coefficient (Wildman–Crippen LogP) is 1.45. The van der Waals surface area contributed by atoms with Gasteiger partial charge in [-0.3, -0.25) is 14.3 Å². The number of nitrogens with one attached hydrogen (secondary N) is 3. The van der Waals surface area contributed by atoms with Gasteiger partial charge in [0.15, 0.2) is 0 Å². The van der Waals surface area contributed by atoms with E-state index in [0.717, 1.165) is 25.9 Å². The average Bonchev–Trinajstić information content (AvgIpc) is 3.31. The Labute approximate surface area is 156 Å². The molecule has 0 aromatic carbocycles. The van der Waals surface area contributed by atoms with Crippen molar-refractivity contribution in [2.75, 3.05) is 26.2 Å². The van der Waals surface area contributed by atoms with Crippen molar-refractivity contribution < 1.29 is 9.59 Å². The molecular formula is C16H22ClN5O2S. The second-order valence-corrected chi connectivity index (χ2v) is 6.62. The van der Waals surface area contributed by atoms with Crippen LogP contribution < -0.4 is 16.0 Å². The van der Waals surface area contributed by atoms with E-state index < -0.39 is 0 Å². The standard InChI is InChI=1S/C16H21N5O2S.ClH/c22-15(18-7-8-19-16(23)14-4-2-10-24-14)13-5-9-21(20-13)12-3-1-6-17-11-12;/h2,4-5,9-10,12,17H,1,3,6-8,11H2,(H,18,22)(H,19,23);1H. The van der Waals surface area contributed by atoms with E-state index in [1.54, 1.807) is 12.1 Å². The van der Waals surface area contributed by atoms with Gasteiger partial charge in [0.1, 0.15) is 5.69 Å². The minimum atomic E-state index is -0.220. The van der Waals surface area contributed by atoms with Gasteiger partial charge in [-0.2, -0.15) is 5.10 Å². The number of carbonyl (C=O) groups is 2. The third kappa shape index (κ3) is 5.29. The van der Waals surface area contributed by atoms with E-state index in [4.69, 9.17) is 0 Å². The van der Waals surface area contributed by atoms with Crippen LogP contribution in [0.1, 0.15) is 39.0 Å². The molecule has 1 atom stereocenters. The molecule has 0 aliphatic carbocycles. The van der Waals surface area contributed by atoms with E-state index in [2.05, 4.69) is 21.0 Å². The minimum Gasteiger partial charge on any atom is -0.350 e. The Morgan fingerprint density at radius 3 is 2.76 bits per heavy atom. The van der Waals surface area contributed by atoms with E-state index in [9.17, 15) is 9.59 Å². The van der Waals surface area contributed by atoms with Crippen LogP contribution in [0.15, 0.2) is 29.8 Å². The molecule has 2 amide bonds. The highest BCUT2D eigenvalue weighted by atomic mass is 35.5. The topological polar surface area (TPSA) is 88.0 Å². The van der Waals surface area contributed by atoms with Gasteiger partial charge in [-0.25, -0.2) is 0 Å². The molecule has 3 rings (SSSR count). The summed E-state index contributed by atoms with van der Waals surface area (Å²) in [6.07, 6.45) is 4.05. The summed E-state index contributed by atoms with van der Waals surface area (Å²) in [5.74, 6) is -0.337. The summed E-state index contributed by atoms with van der Waals surface area (Å²) < 4.78 is 1.86. The zero-order valence-corrected chi connectivity index (χ0v) is 15.4. The fourth-order valence-electron chi connectivity index (χ4n) is 2.66. The van der Waals surface area contributed by atoms with Crippen LogP contribution in [0.2, 0.25) is 0 Å². The molecule has 136 valence electrons. The average molecular weight is 384 g/mol. The highest BCUT2D eigenvalue weighted by Gasteiger charge is 2.17. The molecular weight excluding hydrogens is 362 g/mol. The van der Waals surface area contributed by atoms with E-state index in [-0.39, 0.29) is 24.2 Å². The second-order valence-electron chi connectivity index (χ2n) is 5.67. The monoisotopic (exact) mass is 383 g/mol. The molecule has 7 nitrogen and oxygen atoms in total. The van der Waals surface area contributed by atoms with Crippen LogP contribution in [-0.2, 0) is 0 Å². The van der Waals surface area contributed by atoms with Crippen molar-refractivity contribution >= 4 is 35.6 Å². The first-order valence-electron chi connectivity index (χ1n) is 8.10. The quantitative estimate of drug-likeness (QED) is 0.659. The van der Waals surface area contributed by atoms with Crippen molar-refractivity contribution in [3.05, 3.63) is 40.3 Å². The number of thiophene rings is 1. The molecule has 1 unspecified atom stereocenters. The first kappa shape index (κ1) is 19.4. The van der Waals surface area contributed by atoms with E-state index >= 15 is 0 Å². The third-order valence-corrected chi connectivity index (χ3v) is 4.80. The normalized spacial score (nSPS) is 16.7. The summed E-state index contributed by atoms with van der Waals surface area (Å²) in [4.78, 5) is 24.5. The SMILES string of the molecule is Cl.O=C(NCCNC(=O)c1cccs1)c1ccn(C2CCCNC2)n1. The fraction of sp³-hybridized carbons (Fsp3) is 0.438. The van der Waals surface area contributed by atoms with Gasteiger partial charge in [0.05, 0.1) is 10.9 Å². The third-order valence-electron chi connectivity index (χ3n) is 3.93. The number of hydrogen-bond donors (Lipinski definition) is 3. The summed E-state index contributed by atoms with van der Waals surface area (Å²) in [5.41, 5.74) is 0.408. The minimum absolute atomic E-state index is 0. The Bertz CT molecular complexity index is 683. The fourth-order valence-corrected chi connectivity index (χ4v) is 3.30. The molecule has 0 saturated carbocycles. The molecule has 0 spiro atoms. The van der Waals surface area contributed by atoms with Crippen molar-refractivity contribution in [3.8, 4) is 0 Å². The molecule has 1 aliphatic heterocycles. The Balaban J connectivity index is 0.00000225. The Morgan fingerprint density at radius 1 is 1.28 bits per heavy atom. The smallest absolute Gasteiger partial charge is 0.271 e. The van der Waals surface area contributed by atoms with E-state index in [0.29, 0.717) is 29.7 Å². The van der Waals surface area contributed by atoms with Crippen molar-refractivity contribution in [1.82, 2.24) is 25.7 Å². The molecule has 0 radical (unpaired) electrons. The maximum absolute atomic E-state index is 12.1. The maximum atomic E-state index is 12.1. The molecule has 3 N–H and O–H groups in total. The van der Waals surface area contributed by atoms with Gasteiger partial charge in [-0.15, -0.1) is 23.7 Å². The number of piperidine rings is 1. The van der Waals surface area contributed by atoms with Crippen molar-refractivity contribution in [2.24, 2.45) is 0 Å². The van der Waals surface area contributed by atoms with Gasteiger partial charge in [-0.05, 0) is 36.9 Å².